The van der Waals surface area contributed by atoms with E-state index in [1.807, 2.05) is 0 Å². The van der Waals surface area contributed by atoms with Gasteiger partial charge in [-0.2, -0.15) is 0 Å². The Hall–Kier alpha value is -3.14. The van der Waals surface area contributed by atoms with Crippen molar-refractivity contribution in [2.75, 3.05) is 18.4 Å². The van der Waals surface area contributed by atoms with Crippen LogP contribution in [0.4, 0.5) is 14.7 Å². The first-order chi connectivity index (χ1) is 15.2. The second-order valence-corrected chi connectivity index (χ2v) is 8.21. The molecule has 11 heteroatoms. The number of halogens is 3. The van der Waals surface area contributed by atoms with Gasteiger partial charge in [0.1, 0.15) is 5.69 Å². The van der Waals surface area contributed by atoms with E-state index in [2.05, 4.69) is 25.3 Å². The van der Waals surface area contributed by atoms with Gasteiger partial charge in [0.05, 0.1) is 30.0 Å². The zero-order chi connectivity index (χ0) is 22.9. The standard InChI is InChI=1S/C21H21ClF2N6O2/c1-12-7-21(23,24)11-30(16(12)10-28-20-26-8-14(22)9-27-20)19(31)17-18(32-13(2)29-17)15-5-3-4-6-25-15/h3-6,8-9,12,16H,7,10-11H2,1-2H3,(H,26,27,28)/t12-,16?/m1/s1. The summed E-state index contributed by atoms with van der Waals surface area (Å²) in [7, 11) is 0. The minimum absolute atomic E-state index is 0.0427. The highest BCUT2D eigenvalue weighted by Gasteiger charge is 2.47. The largest absolute Gasteiger partial charge is 0.438 e. The van der Waals surface area contributed by atoms with Gasteiger partial charge in [-0.1, -0.05) is 24.6 Å². The van der Waals surface area contributed by atoms with Crippen molar-refractivity contribution < 1.29 is 18.0 Å². The summed E-state index contributed by atoms with van der Waals surface area (Å²) < 4.78 is 34.6. The highest BCUT2D eigenvalue weighted by atomic mass is 35.5. The van der Waals surface area contributed by atoms with E-state index in [1.165, 1.54) is 12.4 Å². The lowest BCUT2D eigenvalue weighted by molar-refractivity contribution is -0.0898. The van der Waals surface area contributed by atoms with Crippen LogP contribution in [-0.2, 0) is 0 Å². The number of pyridine rings is 1. The van der Waals surface area contributed by atoms with E-state index in [-0.39, 0.29) is 36.3 Å². The molecule has 1 aliphatic heterocycles. The Balaban J connectivity index is 1.64. The first-order valence-electron chi connectivity index (χ1n) is 10.0. The number of amides is 1. The van der Waals surface area contributed by atoms with Gasteiger partial charge in [-0.15, -0.1) is 0 Å². The monoisotopic (exact) mass is 462 g/mol. The van der Waals surface area contributed by atoms with Crippen LogP contribution >= 0.6 is 11.6 Å². The van der Waals surface area contributed by atoms with Gasteiger partial charge in [-0.25, -0.2) is 23.7 Å². The van der Waals surface area contributed by atoms with Crippen molar-refractivity contribution >= 4 is 23.5 Å². The third kappa shape index (κ3) is 4.69. The van der Waals surface area contributed by atoms with Crippen LogP contribution in [0, 0.1) is 12.8 Å². The van der Waals surface area contributed by atoms with Gasteiger partial charge in [-0.3, -0.25) is 9.78 Å². The molecule has 0 aromatic carbocycles. The van der Waals surface area contributed by atoms with Crippen molar-refractivity contribution in [1.82, 2.24) is 24.8 Å². The zero-order valence-electron chi connectivity index (χ0n) is 17.4. The maximum absolute atomic E-state index is 14.5. The lowest BCUT2D eigenvalue weighted by Crippen LogP contribution is -2.57. The van der Waals surface area contributed by atoms with Crippen LogP contribution in [-0.4, -0.2) is 55.8 Å². The number of hydrogen-bond acceptors (Lipinski definition) is 7. The molecule has 0 radical (unpaired) electrons. The summed E-state index contributed by atoms with van der Waals surface area (Å²) >= 11 is 5.81. The number of aryl methyl sites for hydroxylation is 1. The van der Waals surface area contributed by atoms with Crippen LogP contribution < -0.4 is 5.32 Å². The molecule has 32 heavy (non-hydrogen) atoms. The number of likely N-dealkylation sites (tertiary alicyclic amines) is 1. The summed E-state index contributed by atoms with van der Waals surface area (Å²) in [6.07, 6.45) is 4.07. The number of rotatable bonds is 5. The Morgan fingerprint density at radius 1 is 1.31 bits per heavy atom. The number of hydrogen-bond donors (Lipinski definition) is 1. The molecule has 8 nitrogen and oxygen atoms in total. The van der Waals surface area contributed by atoms with E-state index >= 15 is 0 Å². The molecule has 2 atom stereocenters. The number of anilines is 1. The molecular weight excluding hydrogens is 442 g/mol. The molecule has 3 aromatic rings. The first-order valence-corrected chi connectivity index (χ1v) is 10.4. The summed E-state index contributed by atoms with van der Waals surface area (Å²) in [5, 5.41) is 3.39. The number of oxazole rings is 1. The minimum Gasteiger partial charge on any atom is -0.438 e. The smallest absolute Gasteiger partial charge is 0.277 e. The second-order valence-electron chi connectivity index (χ2n) is 7.77. The fourth-order valence-corrected chi connectivity index (χ4v) is 3.95. The average molecular weight is 463 g/mol. The van der Waals surface area contributed by atoms with Crippen molar-refractivity contribution in [2.24, 2.45) is 5.92 Å². The summed E-state index contributed by atoms with van der Waals surface area (Å²) in [5.74, 6) is -3.46. The Labute approximate surface area is 188 Å². The van der Waals surface area contributed by atoms with Gasteiger partial charge in [0, 0.05) is 26.1 Å². The van der Waals surface area contributed by atoms with Gasteiger partial charge in [-0.05, 0) is 18.1 Å². The van der Waals surface area contributed by atoms with Gasteiger partial charge in [0.25, 0.3) is 11.8 Å². The molecule has 1 fully saturated rings. The molecular formula is C21H21ClF2N6O2. The van der Waals surface area contributed by atoms with Crippen LogP contribution in [0.1, 0.15) is 29.7 Å². The molecule has 1 aliphatic rings. The molecule has 1 amide bonds. The van der Waals surface area contributed by atoms with E-state index in [0.717, 1.165) is 4.90 Å². The molecule has 0 spiro atoms. The fraction of sp³-hybridized carbons (Fsp3) is 0.381. The normalized spacial score (nSPS) is 20.2. The Bertz CT molecular complexity index is 1090. The van der Waals surface area contributed by atoms with Crippen molar-refractivity contribution in [3.05, 3.63) is 53.4 Å². The number of nitrogens with one attached hydrogen (secondary N) is 1. The quantitative estimate of drug-likeness (QED) is 0.610. The Morgan fingerprint density at radius 2 is 2.06 bits per heavy atom. The van der Waals surface area contributed by atoms with Crippen LogP contribution in [0.5, 0.6) is 0 Å². The number of piperidine rings is 1. The van der Waals surface area contributed by atoms with Crippen LogP contribution in [0.3, 0.4) is 0 Å². The molecule has 4 rings (SSSR count). The summed E-state index contributed by atoms with van der Waals surface area (Å²) in [6, 6.07) is 4.59. The van der Waals surface area contributed by atoms with Crippen LogP contribution in [0.15, 0.2) is 41.2 Å². The SMILES string of the molecule is Cc1nc(C(=O)N2CC(F)(F)C[C@@H](C)C2CNc2ncc(Cl)cn2)c(-c2ccccn2)o1. The second kappa shape index (κ2) is 8.78. The van der Waals surface area contributed by atoms with Crippen molar-refractivity contribution in [3.8, 4) is 11.5 Å². The predicted octanol–water partition coefficient (Wildman–Crippen LogP) is 4.09. The molecule has 1 N–H and O–H groups in total. The number of carbonyl (C=O) groups excluding carboxylic acids is 1. The highest BCUT2D eigenvalue weighted by Crippen LogP contribution is 2.36. The minimum atomic E-state index is -3.02. The summed E-state index contributed by atoms with van der Waals surface area (Å²) in [4.78, 5) is 31.1. The Morgan fingerprint density at radius 3 is 2.75 bits per heavy atom. The topological polar surface area (TPSA) is 97.0 Å². The third-order valence-corrected chi connectivity index (χ3v) is 5.46. The molecule has 168 valence electrons. The maximum atomic E-state index is 14.5. The number of nitrogens with zero attached hydrogens (tertiary/aromatic N) is 5. The van der Waals surface area contributed by atoms with Crippen LogP contribution in [0.25, 0.3) is 11.5 Å². The zero-order valence-corrected chi connectivity index (χ0v) is 18.2. The molecule has 3 aromatic heterocycles. The van der Waals surface area contributed by atoms with Gasteiger partial charge in [0.15, 0.2) is 17.3 Å². The molecule has 0 bridgehead atoms. The lowest BCUT2D eigenvalue weighted by Gasteiger charge is -2.43. The number of carbonyl (C=O) groups is 1. The van der Waals surface area contributed by atoms with E-state index in [1.54, 1.807) is 38.2 Å². The van der Waals surface area contributed by atoms with Crippen LogP contribution in [0.2, 0.25) is 5.02 Å². The summed E-state index contributed by atoms with van der Waals surface area (Å²) in [5.41, 5.74) is 0.358. The van der Waals surface area contributed by atoms with E-state index in [4.69, 9.17) is 16.0 Å². The van der Waals surface area contributed by atoms with E-state index in [0.29, 0.717) is 10.7 Å². The van der Waals surface area contributed by atoms with Gasteiger partial charge >= 0.3 is 0 Å². The lowest BCUT2D eigenvalue weighted by atomic mass is 9.88. The van der Waals surface area contributed by atoms with E-state index in [9.17, 15) is 13.6 Å². The van der Waals surface area contributed by atoms with Gasteiger partial charge in [0.2, 0.25) is 5.95 Å². The summed E-state index contributed by atoms with van der Waals surface area (Å²) in [6.45, 7) is 2.74. The Kier molecular flexibility index (Phi) is 6.05. The average Bonchev–Trinajstić information content (AvgIpc) is 3.15. The molecule has 0 aliphatic carbocycles. The molecule has 4 heterocycles. The maximum Gasteiger partial charge on any atom is 0.277 e. The molecule has 1 unspecified atom stereocenters. The van der Waals surface area contributed by atoms with Crippen molar-refractivity contribution in [3.63, 3.8) is 0 Å². The first kappa shape index (κ1) is 22.1. The van der Waals surface area contributed by atoms with E-state index < -0.39 is 30.3 Å². The van der Waals surface area contributed by atoms with Crippen molar-refractivity contribution in [1.29, 1.82) is 0 Å². The van der Waals surface area contributed by atoms with Gasteiger partial charge < -0.3 is 14.6 Å². The van der Waals surface area contributed by atoms with Crippen molar-refractivity contribution in [2.45, 2.75) is 32.2 Å². The highest BCUT2D eigenvalue weighted by molar-refractivity contribution is 6.30. The number of alkyl halides is 2. The fourth-order valence-electron chi connectivity index (χ4n) is 3.86. The predicted molar refractivity (Wildman–Crippen MR) is 114 cm³/mol. The third-order valence-electron chi connectivity index (χ3n) is 5.26. The molecule has 1 saturated heterocycles. The molecule has 0 saturated carbocycles. The number of aromatic nitrogens is 4.